The van der Waals surface area contributed by atoms with Crippen molar-refractivity contribution in [3.63, 3.8) is 0 Å². The molecular formula is C22H24N4O4S. The lowest BCUT2D eigenvalue weighted by molar-refractivity contribution is -0.117. The number of aromatic nitrogens is 2. The number of methoxy groups -OCH3 is 2. The Morgan fingerprint density at radius 2 is 2.03 bits per heavy atom. The zero-order chi connectivity index (χ0) is 22.1. The van der Waals surface area contributed by atoms with Crippen molar-refractivity contribution in [1.82, 2.24) is 20.2 Å². The lowest BCUT2D eigenvalue weighted by Crippen LogP contribution is -2.35. The lowest BCUT2D eigenvalue weighted by Gasteiger charge is -2.12. The Bertz CT molecular complexity index is 1030. The Kier molecular flexibility index (Phi) is 7.83. The quantitative estimate of drug-likeness (QED) is 0.373. The van der Waals surface area contributed by atoms with Gasteiger partial charge in [0.1, 0.15) is 5.70 Å². The Morgan fingerprint density at radius 3 is 2.71 bits per heavy atom. The molecule has 2 amide bonds. The minimum Gasteiger partial charge on any atom is -0.493 e. The summed E-state index contributed by atoms with van der Waals surface area (Å²) in [6.45, 7) is 1.20. The molecule has 0 aliphatic rings. The van der Waals surface area contributed by atoms with E-state index in [1.54, 1.807) is 36.8 Å². The lowest BCUT2D eigenvalue weighted by atomic mass is 10.1. The van der Waals surface area contributed by atoms with E-state index < -0.39 is 5.91 Å². The van der Waals surface area contributed by atoms with Crippen LogP contribution in [0.1, 0.15) is 21.7 Å². The molecule has 2 N–H and O–H groups in total. The summed E-state index contributed by atoms with van der Waals surface area (Å²) < 4.78 is 12.4. The first-order chi connectivity index (χ1) is 15.1. The summed E-state index contributed by atoms with van der Waals surface area (Å²) >= 11 is 1.47. The molecule has 3 rings (SSSR count). The third-order valence-corrected chi connectivity index (χ3v) is 5.23. The molecule has 0 atom stereocenters. The molecule has 0 saturated carbocycles. The van der Waals surface area contributed by atoms with Crippen LogP contribution in [-0.2, 0) is 11.3 Å². The topological polar surface area (TPSA) is 94.5 Å². The first-order valence-electron chi connectivity index (χ1n) is 9.63. The Hall–Kier alpha value is -3.59. The molecule has 8 nitrogen and oxygen atoms in total. The number of hydrogen-bond donors (Lipinski definition) is 2. The van der Waals surface area contributed by atoms with Crippen molar-refractivity contribution in [2.24, 2.45) is 0 Å². The second-order valence-corrected chi connectivity index (χ2v) is 7.49. The van der Waals surface area contributed by atoms with Crippen LogP contribution >= 0.6 is 11.3 Å². The van der Waals surface area contributed by atoms with Crippen molar-refractivity contribution < 1.29 is 19.1 Å². The van der Waals surface area contributed by atoms with Gasteiger partial charge in [0.05, 0.1) is 20.5 Å². The van der Waals surface area contributed by atoms with Gasteiger partial charge in [0.25, 0.3) is 11.8 Å². The van der Waals surface area contributed by atoms with Gasteiger partial charge < -0.3 is 24.7 Å². The number of carbonyl (C=O) groups excluding carboxylic acids is 2. The maximum Gasteiger partial charge on any atom is 0.267 e. The number of thiophene rings is 1. The zero-order valence-corrected chi connectivity index (χ0v) is 18.1. The van der Waals surface area contributed by atoms with Gasteiger partial charge in [-0.3, -0.25) is 9.59 Å². The number of carbonyl (C=O) groups is 2. The molecule has 3 aromatic rings. The number of aryl methyl sites for hydroxylation is 1. The molecule has 0 radical (unpaired) electrons. The van der Waals surface area contributed by atoms with Crippen molar-refractivity contribution in [3.8, 4) is 11.5 Å². The van der Waals surface area contributed by atoms with Gasteiger partial charge >= 0.3 is 0 Å². The van der Waals surface area contributed by atoms with Crippen LogP contribution in [0.5, 0.6) is 11.5 Å². The monoisotopic (exact) mass is 440 g/mol. The number of hydrogen-bond acceptors (Lipinski definition) is 6. The van der Waals surface area contributed by atoms with E-state index in [0.717, 1.165) is 17.8 Å². The molecule has 0 aliphatic heterocycles. The SMILES string of the molecule is COc1ccc(C(=O)N/C(=C\c2cccs2)C(=O)NCCCn2ccnc2)cc1OC. The van der Waals surface area contributed by atoms with Crippen LogP contribution in [0.15, 0.2) is 60.1 Å². The average Bonchev–Trinajstić information content (AvgIpc) is 3.49. The van der Waals surface area contributed by atoms with Crippen LogP contribution in [0.3, 0.4) is 0 Å². The number of ether oxygens (including phenoxy) is 2. The average molecular weight is 441 g/mol. The second kappa shape index (κ2) is 11.0. The molecule has 0 spiro atoms. The highest BCUT2D eigenvalue weighted by atomic mass is 32.1. The molecule has 0 bridgehead atoms. The maximum absolute atomic E-state index is 12.8. The van der Waals surface area contributed by atoms with E-state index >= 15 is 0 Å². The van der Waals surface area contributed by atoms with E-state index in [9.17, 15) is 9.59 Å². The van der Waals surface area contributed by atoms with Gasteiger partial charge in [-0.15, -0.1) is 11.3 Å². The van der Waals surface area contributed by atoms with Crippen molar-refractivity contribution in [2.75, 3.05) is 20.8 Å². The number of benzene rings is 1. The predicted molar refractivity (Wildman–Crippen MR) is 119 cm³/mol. The Labute approximate surface area is 184 Å². The number of amides is 2. The molecule has 2 heterocycles. The fourth-order valence-corrected chi connectivity index (χ4v) is 3.48. The summed E-state index contributed by atoms with van der Waals surface area (Å²) in [4.78, 5) is 30.4. The molecule has 162 valence electrons. The third kappa shape index (κ3) is 6.19. The van der Waals surface area contributed by atoms with E-state index in [-0.39, 0.29) is 11.6 Å². The largest absolute Gasteiger partial charge is 0.493 e. The number of rotatable bonds is 10. The summed E-state index contributed by atoms with van der Waals surface area (Å²) in [6.07, 6.45) is 7.71. The maximum atomic E-state index is 12.8. The molecule has 0 unspecified atom stereocenters. The fourth-order valence-electron chi connectivity index (χ4n) is 2.82. The van der Waals surface area contributed by atoms with Crippen molar-refractivity contribution in [1.29, 1.82) is 0 Å². The van der Waals surface area contributed by atoms with Gasteiger partial charge in [-0.25, -0.2) is 4.98 Å². The van der Waals surface area contributed by atoms with Crippen LogP contribution in [-0.4, -0.2) is 42.1 Å². The number of imidazole rings is 1. The normalized spacial score (nSPS) is 11.1. The van der Waals surface area contributed by atoms with E-state index in [1.165, 1.54) is 25.6 Å². The molecule has 0 aliphatic carbocycles. The van der Waals surface area contributed by atoms with Crippen molar-refractivity contribution in [2.45, 2.75) is 13.0 Å². The van der Waals surface area contributed by atoms with Gasteiger partial charge in [0.15, 0.2) is 11.5 Å². The van der Waals surface area contributed by atoms with Crippen LogP contribution in [0.25, 0.3) is 6.08 Å². The summed E-state index contributed by atoms with van der Waals surface area (Å²) in [5.74, 6) is 0.178. The second-order valence-electron chi connectivity index (χ2n) is 6.51. The van der Waals surface area contributed by atoms with Crippen molar-refractivity contribution in [3.05, 3.63) is 70.6 Å². The number of nitrogens with zero attached hydrogens (tertiary/aromatic N) is 2. The van der Waals surface area contributed by atoms with E-state index in [2.05, 4.69) is 15.6 Å². The summed E-state index contributed by atoms with van der Waals surface area (Å²) in [5.41, 5.74) is 0.521. The highest BCUT2D eigenvalue weighted by molar-refractivity contribution is 7.10. The first kappa shape index (κ1) is 22.1. The smallest absolute Gasteiger partial charge is 0.267 e. The molecule has 0 fully saturated rings. The minimum absolute atomic E-state index is 0.171. The summed E-state index contributed by atoms with van der Waals surface area (Å²) in [6, 6.07) is 8.59. The van der Waals surface area contributed by atoms with E-state index in [1.807, 2.05) is 28.3 Å². The van der Waals surface area contributed by atoms with Gasteiger partial charge in [0, 0.05) is 35.9 Å². The van der Waals surface area contributed by atoms with E-state index in [4.69, 9.17) is 9.47 Å². The molecular weight excluding hydrogens is 416 g/mol. The molecule has 0 saturated heterocycles. The van der Waals surface area contributed by atoms with Gasteiger partial charge in [-0.2, -0.15) is 0 Å². The van der Waals surface area contributed by atoms with Crippen molar-refractivity contribution >= 4 is 29.2 Å². The van der Waals surface area contributed by atoms with Crippen LogP contribution < -0.4 is 20.1 Å². The summed E-state index contributed by atoms with van der Waals surface area (Å²) in [7, 11) is 3.02. The minimum atomic E-state index is -0.419. The van der Waals surface area contributed by atoms with Gasteiger partial charge in [-0.05, 0) is 42.1 Å². The molecule has 9 heteroatoms. The highest BCUT2D eigenvalue weighted by Crippen LogP contribution is 2.27. The van der Waals surface area contributed by atoms with Gasteiger partial charge in [-0.1, -0.05) is 6.07 Å². The van der Waals surface area contributed by atoms with Gasteiger partial charge in [0.2, 0.25) is 0 Å². The Morgan fingerprint density at radius 1 is 1.19 bits per heavy atom. The van der Waals surface area contributed by atoms with Crippen LogP contribution in [0.4, 0.5) is 0 Å². The van der Waals surface area contributed by atoms with Crippen LogP contribution in [0, 0.1) is 0 Å². The molecule has 1 aromatic carbocycles. The predicted octanol–water partition coefficient (Wildman–Crippen LogP) is 2.94. The first-order valence-corrected chi connectivity index (χ1v) is 10.5. The van der Waals surface area contributed by atoms with Crippen LogP contribution in [0.2, 0.25) is 0 Å². The highest BCUT2D eigenvalue weighted by Gasteiger charge is 2.16. The Balaban J connectivity index is 1.68. The standard InChI is InChI=1S/C22H24N4O4S/c1-29-19-7-6-16(13-20(19)30-2)21(27)25-18(14-17-5-3-12-31-17)22(28)24-8-4-10-26-11-9-23-15-26/h3,5-7,9,11-15H,4,8,10H2,1-2H3,(H,24,28)(H,25,27)/b18-14-. The summed E-state index contributed by atoms with van der Waals surface area (Å²) in [5, 5.41) is 7.48. The fraction of sp³-hybridized carbons (Fsp3) is 0.227. The molecule has 31 heavy (non-hydrogen) atoms. The number of nitrogens with one attached hydrogen (secondary N) is 2. The zero-order valence-electron chi connectivity index (χ0n) is 17.3. The van der Waals surface area contributed by atoms with E-state index in [0.29, 0.717) is 23.6 Å². The molecule has 2 aromatic heterocycles. The third-order valence-electron chi connectivity index (χ3n) is 4.41.